The van der Waals surface area contributed by atoms with Crippen LogP contribution in [0.3, 0.4) is 0 Å². The van der Waals surface area contributed by atoms with Gasteiger partial charge in [-0.05, 0) is 75.6 Å². The van der Waals surface area contributed by atoms with Crippen LogP contribution in [0.4, 0.5) is 10.5 Å². The average molecular weight is 680 g/mol. The Balaban J connectivity index is 1.32. The molecular formula is C35H45N5O7S. The van der Waals surface area contributed by atoms with Crippen molar-refractivity contribution in [3.63, 3.8) is 0 Å². The molecule has 0 bridgehead atoms. The molecule has 258 valence electrons. The first-order valence-corrected chi connectivity index (χ1v) is 18.1. The van der Waals surface area contributed by atoms with Gasteiger partial charge in [-0.15, -0.1) is 6.58 Å². The number of carbonyl (C=O) groups is 4. The van der Waals surface area contributed by atoms with Crippen molar-refractivity contribution < 1.29 is 32.3 Å². The van der Waals surface area contributed by atoms with Crippen LogP contribution in [-0.4, -0.2) is 72.6 Å². The molecule has 3 aliphatic rings. The third kappa shape index (κ3) is 7.72. The lowest BCUT2D eigenvalue weighted by Crippen LogP contribution is -2.54. The molecule has 5 atom stereocenters. The van der Waals surface area contributed by atoms with E-state index in [1.165, 1.54) is 6.08 Å². The Labute approximate surface area is 282 Å². The predicted molar refractivity (Wildman–Crippen MR) is 181 cm³/mol. The number of hydrogen-bond acceptors (Lipinski definition) is 8. The quantitative estimate of drug-likeness (QED) is 0.265. The summed E-state index contributed by atoms with van der Waals surface area (Å²) in [5.41, 5.74) is 2.33. The number of rotatable bonds is 13. The number of anilines is 1. The van der Waals surface area contributed by atoms with E-state index >= 15 is 0 Å². The number of pyridine rings is 1. The monoisotopic (exact) mass is 679 g/mol. The summed E-state index contributed by atoms with van der Waals surface area (Å²) in [6, 6.07) is 9.41. The zero-order valence-electron chi connectivity index (χ0n) is 28.0. The van der Waals surface area contributed by atoms with E-state index in [-0.39, 0.29) is 25.2 Å². The Morgan fingerprint density at radius 2 is 1.79 bits per heavy atom. The summed E-state index contributed by atoms with van der Waals surface area (Å²) in [7, 11) is -2.17. The van der Waals surface area contributed by atoms with Gasteiger partial charge in [0.15, 0.2) is 0 Å². The number of carbonyl (C=O) groups excluding carboxylic acids is 4. The van der Waals surface area contributed by atoms with E-state index in [0.29, 0.717) is 36.3 Å². The Hall–Kier alpha value is -4.26. The summed E-state index contributed by atoms with van der Waals surface area (Å²) >= 11 is 0. The third-order valence-electron chi connectivity index (χ3n) is 9.52. The molecule has 1 aromatic heterocycles. The summed E-state index contributed by atoms with van der Waals surface area (Å²) in [5.74, 6) is -3.83. The molecule has 0 saturated heterocycles. The van der Waals surface area contributed by atoms with Crippen LogP contribution in [0.2, 0.25) is 0 Å². The van der Waals surface area contributed by atoms with E-state index in [0.717, 1.165) is 24.0 Å². The lowest BCUT2D eigenvalue weighted by molar-refractivity contribution is -0.140. The Morgan fingerprint density at radius 1 is 1.08 bits per heavy atom. The van der Waals surface area contributed by atoms with Gasteiger partial charge in [0.2, 0.25) is 21.8 Å². The van der Waals surface area contributed by atoms with Crippen LogP contribution < -0.4 is 15.4 Å². The topological polar surface area (TPSA) is 164 Å². The molecule has 4 amide bonds. The van der Waals surface area contributed by atoms with Crippen LogP contribution >= 0.6 is 0 Å². The molecule has 48 heavy (non-hydrogen) atoms. The van der Waals surface area contributed by atoms with Crippen molar-refractivity contribution in [2.75, 3.05) is 18.9 Å². The fourth-order valence-corrected chi connectivity index (χ4v) is 7.73. The van der Waals surface area contributed by atoms with Crippen molar-refractivity contribution in [2.45, 2.75) is 82.6 Å². The summed E-state index contributed by atoms with van der Waals surface area (Å²) in [6.45, 7) is 10.1. The lowest BCUT2D eigenvalue weighted by atomic mass is 9.93. The fourth-order valence-electron chi connectivity index (χ4n) is 6.37. The van der Waals surface area contributed by atoms with Crippen LogP contribution in [0.25, 0.3) is 11.3 Å². The first kappa shape index (κ1) is 35.1. The first-order valence-electron chi connectivity index (χ1n) is 16.5. The zero-order valence-corrected chi connectivity index (χ0v) is 28.8. The molecular weight excluding hydrogens is 634 g/mol. The molecule has 3 fully saturated rings. The summed E-state index contributed by atoms with van der Waals surface area (Å²) in [6.07, 6.45) is 4.72. The number of sulfonamides is 1. The maximum atomic E-state index is 13.9. The second-order valence-electron chi connectivity index (χ2n) is 13.4. The maximum Gasteiger partial charge on any atom is 0.411 e. The SMILES string of the molecule is C=C[C@@H]1C[C@]1(NC(=O)[C@@H]1C[C@@H](OC(=O)Nc2cc(C)ccc2-c2ccc(C)cn2)C[C@H]1C(=O)N(C)CCCC)C(=O)NS(=O)(=O)C1CC1. The Bertz CT molecular complexity index is 1690. The van der Waals surface area contributed by atoms with Crippen molar-refractivity contribution in [3.8, 4) is 11.3 Å². The van der Waals surface area contributed by atoms with E-state index in [9.17, 15) is 27.6 Å². The van der Waals surface area contributed by atoms with Crippen molar-refractivity contribution in [2.24, 2.45) is 17.8 Å². The van der Waals surface area contributed by atoms with Gasteiger partial charge in [0.25, 0.3) is 5.91 Å². The van der Waals surface area contributed by atoms with Crippen LogP contribution in [0.5, 0.6) is 0 Å². The van der Waals surface area contributed by atoms with Gasteiger partial charge in [0.1, 0.15) is 11.6 Å². The highest BCUT2D eigenvalue weighted by Crippen LogP contribution is 2.46. The Kier molecular flexibility index (Phi) is 10.3. The molecule has 0 spiro atoms. The van der Waals surface area contributed by atoms with Gasteiger partial charge in [-0.3, -0.25) is 29.4 Å². The highest BCUT2D eigenvalue weighted by atomic mass is 32.2. The largest absolute Gasteiger partial charge is 0.446 e. The molecule has 13 heteroatoms. The van der Waals surface area contributed by atoms with Crippen molar-refractivity contribution >= 4 is 39.5 Å². The third-order valence-corrected chi connectivity index (χ3v) is 11.3. The lowest BCUT2D eigenvalue weighted by Gasteiger charge is -2.26. The van der Waals surface area contributed by atoms with E-state index in [4.69, 9.17) is 4.74 Å². The molecule has 0 aliphatic heterocycles. The number of aromatic nitrogens is 1. The van der Waals surface area contributed by atoms with E-state index < -0.39 is 62.6 Å². The smallest absolute Gasteiger partial charge is 0.411 e. The van der Waals surface area contributed by atoms with Crippen LogP contribution in [-0.2, 0) is 29.1 Å². The number of unbranched alkanes of at least 4 members (excludes halogenated alkanes) is 1. The summed E-state index contributed by atoms with van der Waals surface area (Å²) in [5, 5.41) is 5.00. The van der Waals surface area contributed by atoms with E-state index in [2.05, 4.69) is 26.9 Å². The van der Waals surface area contributed by atoms with Crippen molar-refractivity contribution in [1.82, 2.24) is 19.9 Å². The number of hydrogen-bond donors (Lipinski definition) is 3. The van der Waals surface area contributed by atoms with E-state index in [1.807, 2.05) is 51.1 Å². The predicted octanol–water partition coefficient (Wildman–Crippen LogP) is 4.24. The van der Waals surface area contributed by atoms with Gasteiger partial charge in [0.05, 0.1) is 28.5 Å². The Morgan fingerprint density at radius 3 is 2.42 bits per heavy atom. The maximum absolute atomic E-state index is 13.9. The molecule has 3 saturated carbocycles. The first-order chi connectivity index (χ1) is 22.8. The molecule has 5 rings (SSSR count). The minimum Gasteiger partial charge on any atom is -0.446 e. The highest BCUT2D eigenvalue weighted by Gasteiger charge is 2.62. The van der Waals surface area contributed by atoms with Gasteiger partial charge in [-0.25, -0.2) is 13.2 Å². The van der Waals surface area contributed by atoms with Gasteiger partial charge in [-0.2, -0.15) is 0 Å². The second kappa shape index (κ2) is 14.1. The second-order valence-corrected chi connectivity index (χ2v) is 15.4. The number of aryl methyl sites for hydroxylation is 2. The zero-order chi connectivity index (χ0) is 34.8. The highest BCUT2D eigenvalue weighted by molar-refractivity contribution is 7.91. The summed E-state index contributed by atoms with van der Waals surface area (Å²) < 4.78 is 33.1. The minimum atomic E-state index is -3.85. The van der Waals surface area contributed by atoms with Gasteiger partial charge in [0, 0.05) is 31.3 Å². The normalized spacial score (nSPS) is 24.7. The average Bonchev–Trinajstić information content (AvgIpc) is 3.97. The molecule has 1 aromatic carbocycles. The van der Waals surface area contributed by atoms with Crippen LogP contribution in [0, 0.1) is 31.6 Å². The fraction of sp³-hybridized carbons (Fsp3) is 0.514. The van der Waals surface area contributed by atoms with Gasteiger partial charge in [-0.1, -0.05) is 37.6 Å². The number of nitrogens with zero attached hydrogens (tertiary/aromatic N) is 2. The van der Waals surface area contributed by atoms with Crippen molar-refractivity contribution in [1.29, 1.82) is 0 Å². The summed E-state index contributed by atoms with van der Waals surface area (Å²) in [4.78, 5) is 60.2. The molecule has 3 aliphatic carbocycles. The standard InChI is InChI=1S/C35H45N5O7S/c1-6-8-15-40(5)32(42)28-18-24(47-34(44)37-30-16-21(3)9-13-26(30)29-14-10-22(4)20-36-29)17-27(28)31(41)38-35(19-23(35)7-2)33(43)39-48(45,46)25-11-12-25/h7,9-10,13-14,16,20,23-25,27-28H,2,6,8,11-12,15,17-19H2,1,3-5H3,(H,37,44)(H,38,41)(H,39,43)/t23-,24-,27-,28-,35-/m1/s1. The molecule has 3 N–H and O–H groups in total. The number of ether oxygens (including phenoxy) is 1. The van der Waals surface area contributed by atoms with Crippen LogP contribution in [0.1, 0.15) is 63.0 Å². The number of nitrogens with one attached hydrogen (secondary N) is 3. The van der Waals surface area contributed by atoms with Gasteiger partial charge < -0.3 is 15.0 Å². The minimum absolute atomic E-state index is 0.0499. The van der Waals surface area contributed by atoms with Gasteiger partial charge >= 0.3 is 6.09 Å². The number of benzene rings is 1. The molecule has 0 unspecified atom stereocenters. The molecule has 0 radical (unpaired) electrons. The number of amides is 4. The molecule has 2 aromatic rings. The molecule has 1 heterocycles. The van der Waals surface area contributed by atoms with Crippen LogP contribution in [0.15, 0.2) is 49.2 Å². The molecule has 12 nitrogen and oxygen atoms in total. The van der Waals surface area contributed by atoms with E-state index in [1.54, 1.807) is 18.1 Å². The van der Waals surface area contributed by atoms with Crippen molar-refractivity contribution in [3.05, 3.63) is 60.3 Å².